The van der Waals surface area contributed by atoms with Crippen LogP contribution in [0.15, 0.2) is 24.3 Å². The number of hydrogen-bond donors (Lipinski definition) is 1. The molecule has 4 heteroatoms. The Morgan fingerprint density at radius 2 is 1.81 bits per heavy atom. The summed E-state index contributed by atoms with van der Waals surface area (Å²) in [5.74, 6) is 0.781. The number of amides is 1. The molecule has 1 aliphatic heterocycles. The first-order chi connectivity index (χ1) is 10.3. The van der Waals surface area contributed by atoms with E-state index in [1.54, 1.807) is 0 Å². The first-order valence-electron chi connectivity index (χ1n) is 8.03. The summed E-state index contributed by atoms with van der Waals surface area (Å²) < 4.78 is 5.54. The van der Waals surface area contributed by atoms with Gasteiger partial charge in [-0.2, -0.15) is 0 Å². The van der Waals surface area contributed by atoms with Gasteiger partial charge in [0, 0.05) is 0 Å². The van der Waals surface area contributed by atoms with Crippen LogP contribution in [-0.4, -0.2) is 37.0 Å². The van der Waals surface area contributed by atoms with Gasteiger partial charge in [0.05, 0.1) is 18.8 Å². The third kappa shape index (κ3) is 5.38. The molecule has 0 spiro atoms. The van der Waals surface area contributed by atoms with Gasteiger partial charge in [0.25, 0.3) is 0 Å². The Morgan fingerprint density at radius 3 is 2.52 bits per heavy atom. The molecule has 1 heterocycles. The van der Waals surface area contributed by atoms with E-state index in [2.05, 4.69) is 10.2 Å². The number of rotatable bonds is 5. The van der Waals surface area contributed by atoms with Gasteiger partial charge in [-0.25, -0.2) is 0 Å². The molecule has 1 aromatic carbocycles. The van der Waals surface area contributed by atoms with Crippen molar-refractivity contribution in [3.63, 3.8) is 0 Å². The Balaban J connectivity index is 1.88. The van der Waals surface area contributed by atoms with Crippen LogP contribution in [0, 0.1) is 0 Å². The Labute approximate surface area is 127 Å². The number of hydrogen-bond acceptors (Lipinski definition) is 3. The summed E-state index contributed by atoms with van der Waals surface area (Å²) in [6.45, 7) is 5.07. The van der Waals surface area contributed by atoms with Crippen molar-refractivity contribution in [2.45, 2.75) is 39.0 Å². The summed E-state index contributed by atoms with van der Waals surface area (Å²) in [6.07, 6.45) is 6.30. The molecule has 116 valence electrons. The average molecular weight is 290 g/mol. The molecule has 0 aliphatic carbocycles. The van der Waals surface area contributed by atoms with Crippen LogP contribution < -0.4 is 10.1 Å². The maximum Gasteiger partial charge on any atom is 0.238 e. The van der Waals surface area contributed by atoms with Crippen LogP contribution in [0.5, 0.6) is 5.75 Å². The predicted octanol–water partition coefficient (Wildman–Crippen LogP) is 3.29. The number of benzene rings is 1. The molecule has 2 rings (SSSR count). The lowest BCUT2D eigenvalue weighted by Crippen LogP contribution is -2.35. The standard InChI is InChI=1S/C17H26N2O2/c1-2-21-16-11-7-6-10-15(16)18-17(20)14-19-12-8-4-3-5-9-13-19/h6-7,10-11H,2-5,8-9,12-14H2,1H3,(H,18,20). The molecule has 1 amide bonds. The highest BCUT2D eigenvalue weighted by Gasteiger charge is 2.13. The van der Waals surface area contributed by atoms with Crippen LogP contribution in [0.2, 0.25) is 0 Å². The number of para-hydroxylation sites is 2. The molecule has 1 aromatic rings. The minimum atomic E-state index is 0.0442. The van der Waals surface area contributed by atoms with Gasteiger partial charge in [-0.1, -0.05) is 31.4 Å². The minimum Gasteiger partial charge on any atom is -0.492 e. The van der Waals surface area contributed by atoms with Crippen molar-refractivity contribution in [3.05, 3.63) is 24.3 Å². The quantitative estimate of drug-likeness (QED) is 0.904. The van der Waals surface area contributed by atoms with Crippen LogP contribution in [-0.2, 0) is 4.79 Å². The topological polar surface area (TPSA) is 41.6 Å². The summed E-state index contributed by atoms with van der Waals surface area (Å²) in [4.78, 5) is 14.5. The van der Waals surface area contributed by atoms with Crippen molar-refractivity contribution >= 4 is 11.6 Å². The van der Waals surface area contributed by atoms with E-state index in [9.17, 15) is 4.79 Å². The molecular formula is C17H26N2O2. The van der Waals surface area contributed by atoms with Crippen molar-refractivity contribution in [1.82, 2.24) is 4.90 Å². The lowest BCUT2D eigenvalue weighted by Gasteiger charge is -2.24. The lowest BCUT2D eigenvalue weighted by molar-refractivity contribution is -0.117. The molecular weight excluding hydrogens is 264 g/mol. The second kappa shape index (κ2) is 8.67. The zero-order valence-corrected chi connectivity index (χ0v) is 12.9. The molecule has 4 nitrogen and oxygen atoms in total. The average Bonchev–Trinajstić information content (AvgIpc) is 2.44. The predicted molar refractivity (Wildman–Crippen MR) is 85.8 cm³/mol. The molecule has 1 N–H and O–H groups in total. The molecule has 0 bridgehead atoms. The Bertz CT molecular complexity index is 440. The normalized spacial score (nSPS) is 16.8. The number of anilines is 1. The zero-order chi connectivity index (χ0) is 14.9. The SMILES string of the molecule is CCOc1ccccc1NC(=O)CN1CCCCCCC1. The van der Waals surface area contributed by atoms with Gasteiger partial charge in [-0.3, -0.25) is 9.69 Å². The number of carbonyl (C=O) groups is 1. The van der Waals surface area contributed by atoms with E-state index in [0.29, 0.717) is 13.2 Å². The molecule has 0 saturated carbocycles. The first-order valence-corrected chi connectivity index (χ1v) is 8.03. The van der Waals surface area contributed by atoms with E-state index in [-0.39, 0.29) is 5.91 Å². The van der Waals surface area contributed by atoms with Gasteiger partial charge in [0.15, 0.2) is 0 Å². The summed E-state index contributed by atoms with van der Waals surface area (Å²) in [7, 11) is 0. The molecule has 0 radical (unpaired) electrons. The smallest absolute Gasteiger partial charge is 0.238 e. The zero-order valence-electron chi connectivity index (χ0n) is 12.9. The van der Waals surface area contributed by atoms with Gasteiger partial charge >= 0.3 is 0 Å². The maximum atomic E-state index is 12.2. The second-order valence-electron chi connectivity index (χ2n) is 5.52. The highest BCUT2D eigenvalue weighted by molar-refractivity contribution is 5.93. The Morgan fingerprint density at radius 1 is 1.14 bits per heavy atom. The van der Waals surface area contributed by atoms with Gasteiger partial charge < -0.3 is 10.1 Å². The Hall–Kier alpha value is -1.55. The van der Waals surface area contributed by atoms with Crippen LogP contribution in [0.3, 0.4) is 0 Å². The van der Waals surface area contributed by atoms with Crippen molar-refractivity contribution in [3.8, 4) is 5.75 Å². The molecule has 1 aliphatic rings. The second-order valence-corrected chi connectivity index (χ2v) is 5.52. The van der Waals surface area contributed by atoms with E-state index >= 15 is 0 Å². The third-order valence-electron chi connectivity index (χ3n) is 3.78. The first kappa shape index (κ1) is 15.8. The lowest BCUT2D eigenvalue weighted by atomic mass is 10.1. The fraction of sp³-hybridized carbons (Fsp3) is 0.588. The molecule has 0 aromatic heterocycles. The van der Waals surface area contributed by atoms with E-state index in [0.717, 1.165) is 24.5 Å². The van der Waals surface area contributed by atoms with E-state index in [1.165, 1.54) is 32.1 Å². The summed E-state index contributed by atoms with van der Waals surface area (Å²) in [5, 5.41) is 2.97. The highest BCUT2D eigenvalue weighted by Crippen LogP contribution is 2.23. The van der Waals surface area contributed by atoms with Gasteiger partial charge in [0.1, 0.15) is 5.75 Å². The van der Waals surface area contributed by atoms with Gasteiger partial charge in [0.2, 0.25) is 5.91 Å². The largest absolute Gasteiger partial charge is 0.492 e. The number of nitrogens with zero attached hydrogens (tertiary/aromatic N) is 1. The highest BCUT2D eigenvalue weighted by atomic mass is 16.5. The van der Waals surface area contributed by atoms with Crippen molar-refractivity contribution in [2.75, 3.05) is 31.6 Å². The minimum absolute atomic E-state index is 0.0442. The molecule has 1 saturated heterocycles. The summed E-state index contributed by atoms with van der Waals surface area (Å²) in [6, 6.07) is 7.60. The monoisotopic (exact) mass is 290 g/mol. The maximum absolute atomic E-state index is 12.2. The van der Waals surface area contributed by atoms with Crippen molar-refractivity contribution in [2.24, 2.45) is 0 Å². The van der Waals surface area contributed by atoms with Crippen LogP contribution in [0.1, 0.15) is 39.0 Å². The number of nitrogens with one attached hydrogen (secondary N) is 1. The van der Waals surface area contributed by atoms with Crippen LogP contribution >= 0.6 is 0 Å². The third-order valence-corrected chi connectivity index (χ3v) is 3.78. The van der Waals surface area contributed by atoms with Crippen LogP contribution in [0.25, 0.3) is 0 Å². The van der Waals surface area contributed by atoms with Crippen molar-refractivity contribution < 1.29 is 9.53 Å². The van der Waals surface area contributed by atoms with Gasteiger partial charge in [-0.15, -0.1) is 0 Å². The number of ether oxygens (including phenoxy) is 1. The van der Waals surface area contributed by atoms with E-state index < -0.39 is 0 Å². The summed E-state index contributed by atoms with van der Waals surface area (Å²) in [5.41, 5.74) is 0.761. The van der Waals surface area contributed by atoms with Crippen molar-refractivity contribution in [1.29, 1.82) is 0 Å². The van der Waals surface area contributed by atoms with Crippen LogP contribution in [0.4, 0.5) is 5.69 Å². The van der Waals surface area contributed by atoms with E-state index in [1.807, 2.05) is 31.2 Å². The Kier molecular flexibility index (Phi) is 6.54. The fourth-order valence-corrected chi connectivity index (χ4v) is 2.72. The molecule has 0 unspecified atom stereocenters. The summed E-state index contributed by atoms with van der Waals surface area (Å²) >= 11 is 0. The number of likely N-dealkylation sites (tertiary alicyclic amines) is 1. The molecule has 1 fully saturated rings. The fourth-order valence-electron chi connectivity index (χ4n) is 2.72. The molecule has 0 atom stereocenters. The van der Waals surface area contributed by atoms with Gasteiger partial charge in [-0.05, 0) is 45.0 Å². The number of carbonyl (C=O) groups excluding carboxylic acids is 1. The van der Waals surface area contributed by atoms with E-state index in [4.69, 9.17) is 4.74 Å². The molecule has 21 heavy (non-hydrogen) atoms.